The molecule has 0 bridgehead atoms. The minimum Gasteiger partial charge on any atom is -0.444 e. The van der Waals surface area contributed by atoms with Crippen LogP contribution in [0.3, 0.4) is 0 Å². The van der Waals surface area contributed by atoms with Gasteiger partial charge in [0.2, 0.25) is 0 Å². The highest BCUT2D eigenvalue weighted by Gasteiger charge is 2.48. The smallest absolute Gasteiger partial charge is 0.414 e. The number of carbonyl (C=O) groups is 2. The van der Waals surface area contributed by atoms with Crippen LogP contribution in [0.2, 0.25) is 0 Å². The summed E-state index contributed by atoms with van der Waals surface area (Å²) in [5, 5.41) is 8.87. The second-order valence-electron chi connectivity index (χ2n) is 6.58. The summed E-state index contributed by atoms with van der Waals surface area (Å²) in [4.78, 5) is 25.2. The molecule has 1 saturated heterocycles. The van der Waals surface area contributed by atoms with E-state index in [4.69, 9.17) is 9.94 Å². The third-order valence-corrected chi connectivity index (χ3v) is 6.54. The highest BCUT2D eigenvalue weighted by molar-refractivity contribution is 7.92. The lowest BCUT2D eigenvalue weighted by atomic mass is 10.0. The van der Waals surface area contributed by atoms with Crippen molar-refractivity contribution in [2.45, 2.75) is 37.5 Å². The van der Waals surface area contributed by atoms with E-state index in [0.29, 0.717) is 6.42 Å². The molecule has 8 nitrogen and oxygen atoms in total. The van der Waals surface area contributed by atoms with Gasteiger partial charge in [-0.05, 0) is 25.1 Å². The van der Waals surface area contributed by atoms with Crippen molar-refractivity contribution in [3.8, 4) is 11.8 Å². The Morgan fingerprint density at radius 3 is 2.71 bits per heavy atom. The van der Waals surface area contributed by atoms with E-state index in [9.17, 15) is 22.4 Å². The molecule has 152 valence electrons. The van der Waals surface area contributed by atoms with Crippen LogP contribution in [0.15, 0.2) is 18.2 Å². The largest absolute Gasteiger partial charge is 0.444 e. The number of hydrogen-bond donors (Lipinski definition) is 2. The maximum Gasteiger partial charge on any atom is 0.414 e. The van der Waals surface area contributed by atoms with Crippen LogP contribution in [0.1, 0.15) is 32.3 Å². The molecule has 0 aliphatic carbocycles. The molecular weight excluding hydrogens is 391 g/mol. The summed E-state index contributed by atoms with van der Waals surface area (Å²) in [6.07, 6.45) is -0.697. The van der Waals surface area contributed by atoms with Crippen molar-refractivity contribution in [3.05, 3.63) is 29.6 Å². The lowest BCUT2D eigenvalue weighted by Crippen LogP contribution is -2.51. The summed E-state index contributed by atoms with van der Waals surface area (Å²) in [5.41, 5.74) is 1.75. The summed E-state index contributed by atoms with van der Waals surface area (Å²) < 4.78 is 41.5. The number of nitrogens with zero attached hydrogens (tertiary/aromatic N) is 1. The summed E-state index contributed by atoms with van der Waals surface area (Å²) in [5.74, 6) is 3.70. The van der Waals surface area contributed by atoms with Crippen molar-refractivity contribution in [2.75, 3.05) is 17.7 Å². The second-order valence-corrected chi connectivity index (χ2v) is 9.03. The number of hydroxylamine groups is 1. The van der Waals surface area contributed by atoms with Crippen molar-refractivity contribution < 1.29 is 32.3 Å². The molecule has 10 heteroatoms. The molecule has 1 fully saturated rings. The van der Waals surface area contributed by atoms with Gasteiger partial charge in [-0.15, -0.1) is 0 Å². The number of hydrogen-bond acceptors (Lipinski definition) is 6. The maximum atomic E-state index is 14.2. The molecular formula is C18H21FN2O6S. The highest BCUT2D eigenvalue weighted by Crippen LogP contribution is 2.30. The van der Waals surface area contributed by atoms with Crippen LogP contribution >= 0.6 is 0 Å². The third-order valence-electron chi connectivity index (χ3n) is 4.56. The average molecular weight is 412 g/mol. The summed E-state index contributed by atoms with van der Waals surface area (Å²) in [7, 11) is -3.94. The van der Waals surface area contributed by atoms with Crippen LogP contribution < -0.4 is 10.4 Å². The van der Waals surface area contributed by atoms with E-state index in [0.717, 1.165) is 24.1 Å². The molecule has 0 saturated carbocycles. The predicted octanol–water partition coefficient (Wildman–Crippen LogP) is 1.61. The second kappa shape index (κ2) is 8.16. The summed E-state index contributed by atoms with van der Waals surface area (Å²) in [6, 6.07) is 4.08. The summed E-state index contributed by atoms with van der Waals surface area (Å²) >= 11 is 0. The van der Waals surface area contributed by atoms with Crippen molar-refractivity contribution in [3.63, 3.8) is 0 Å². The molecule has 1 aliphatic rings. The Balaban J connectivity index is 2.24. The Kier molecular flexibility index (Phi) is 6.31. The molecule has 2 N–H and O–H groups in total. The molecule has 1 aromatic carbocycles. The van der Waals surface area contributed by atoms with Gasteiger partial charge >= 0.3 is 6.09 Å². The fourth-order valence-electron chi connectivity index (χ4n) is 2.76. The van der Waals surface area contributed by atoms with Gasteiger partial charge in [0, 0.05) is 19.1 Å². The molecule has 2 amide bonds. The van der Waals surface area contributed by atoms with E-state index in [1.165, 1.54) is 17.6 Å². The summed E-state index contributed by atoms with van der Waals surface area (Å²) in [6.45, 7) is 2.88. The number of carbonyl (C=O) groups excluding carboxylic acids is 2. The van der Waals surface area contributed by atoms with E-state index in [-0.39, 0.29) is 24.2 Å². The highest BCUT2D eigenvalue weighted by atomic mass is 32.2. The minimum absolute atomic E-state index is 0.0813. The first-order valence-corrected chi connectivity index (χ1v) is 10.3. The molecule has 1 aromatic rings. The van der Waals surface area contributed by atoms with Gasteiger partial charge in [-0.2, -0.15) is 0 Å². The topological polar surface area (TPSA) is 113 Å². The monoisotopic (exact) mass is 412 g/mol. The quantitative estimate of drug-likeness (QED) is 0.432. The molecule has 1 aliphatic heterocycles. The normalized spacial score (nSPS) is 18.7. The van der Waals surface area contributed by atoms with Gasteiger partial charge in [-0.1, -0.05) is 18.8 Å². The minimum atomic E-state index is -3.94. The third kappa shape index (κ3) is 4.26. The Hall–Kier alpha value is -2.64. The van der Waals surface area contributed by atoms with E-state index >= 15 is 0 Å². The van der Waals surface area contributed by atoms with Crippen LogP contribution in [0, 0.1) is 17.7 Å². The van der Waals surface area contributed by atoms with Gasteiger partial charge in [-0.25, -0.2) is 23.1 Å². The molecule has 0 spiro atoms. The van der Waals surface area contributed by atoms with E-state index in [2.05, 4.69) is 11.8 Å². The number of ether oxygens (including phenoxy) is 1. The molecule has 2 rings (SSSR count). The Morgan fingerprint density at radius 2 is 2.18 bits per heavy atom. The molecule has 1 heterocycles. The maximum absolute atomic E-state index is 14.2. The van der Waals surface area contributed by atoms with Gasteiger partial charge < -0.3 is 4.74 Å². The molecule has 28 heavy (non-hydrogen) atoms. The van der Waals surface area contributed by atoms with E-state index < -0.39 is 38.5 Å². The van der Waals surface area contributed by atoms with Crippen LogP contribution in [0.25, 0.3) is 0 Å². The van der Waals surface area contributed by atoms with Gasteiger partial charge in [0.15, 0.2) is 14.6 Å². The van der Waals surface area contributed by atoms with Crippen LogP contribution in [-0.2, 0) is 19.4 Å². The first kappa shape index (κ1) is 21.7. The SMILES string of the molecule is CCC#Cc1ccc(N2CC(CC(C)(C(=O)NO)S(C)(=O)=O)OC2=O)cc1F. The first-order chi connectivity index (χ1) is 13.0. The first-order valence-electron chi connectivity index (χ1n) is 8.44. The Morgan fingerprint density at radius 1 is 1.50 bits per heavy atom. The Labute approximate surface area is 162 Å². The number of anilines is 1. The number of nitrogens with one attached hydrogen (secondary N) is 1. The average Bonchev–Trinajstić information content (AvgIpc) is 2.98. The van der Waals surface area contributed by atoms with Crippen LogP contribution in [-0.4, -0.2) is 49.3 Å². The van der Waals surface area contributed by atoms with Gasteiger partial charge in [-0.3, -0.25) is 14.9 Å². The van der Waals surface area contributed by atoms with Crippen molar-refractivity contribution in [1.82, 2.24) is 5.48 Å². The molecule has 2 unspecified atom stereocenters. The standard InChI is InChI=1S/C18H21FN2O6S/c1-4-5-6-12-7-8-13(9-15(12)19)21-11-14(27-17(21)23)10-18(2,16(22)20-24)28(3,25)26/h7-9,14,24H,4,10-11H2,1-3H3,(H,20,22). The van der Waals surface area contributed by atoms with Gasteiger partial charge in [0.05, 0.1) is 17.8 Å². The Bertz CT molecular complexity index is 953. The predicted molar refractivity (Wildman–Crippen MR) is 99.0 cm³/mol. The molecule has 0 radical (unpaired) electrons. The van der Waals surface area contributed by atoms with E-state index in [1.807, 2.05) is 6.92 Å². The van der Waals surface area contributed by atoms with Gasteiger partial charge in [0.1, 0.15) is 11.9 Å². The number of rotatable bonds is 5. The number of benzene rings is 1. The zero-order valence-electron chi connectivity index (χ0n) is 15.7. The number of sulfone groups is 1. The fraction of sp³-hybridized carbons (Fsp3) is 0.444. The van der Waals surface area contributed by atoms with Crippen molar-refractivity contribution >= 4 is 27.5 Å². The molecule has 2 atom stereocenters. The van der Waals surface area contributed by atoms with Crippen LogP contribution in [0.4, 0.5) is 14.9 Å². The van der Waals surface area contributed by atoms with Gasteiger partial charge in [0.25, 0.3) is 5.91 Å². The lowest BCUT2D eigenvalue weighted by molar-refractivity contribution is -0.132. The number of amides is 2. The number of cyclic esters (lactones) is 1. The fourth-order valence-corrected chi connectivity index (χ4v) is 3.63. The zero-order chi connectivity index (χ0) is 21.1. The van der Waals surface area contributed by atoms with Crippen molar-refractivity contribution in [2.24, 2.45) is 0 Å². The van der Waals surface area contributed by atoms with E-state index in [1.54, 1.807) is 0 Å². The zero-order valence-corrected chi connectivity index (χ0v) is 16.5. The van der Waals surface area contributed by atoms with Crippen molar-refractivity contribution in [1.29, 1.82) is 0 Å². The number of halogens is 1. The van der Waals surface area contributed by atoms with Crippen LogP contribution in [0.5, 0.6) is 0 Å². The molecule has 0 aromatic heterocycles. The lowest BCUT2D eigenvalue weighted by Gasteiger charge is -2.26.